The molecule has 0 saturated carbocycles. The van der Waals surface area contributed by atoms with Crippen LogP contribution in [-0.2, 0) is 15.8 Å². The zero-order valence-electron chi connectivity index (χ0n) is 16.7. The van der Waals surface area contributed by atoms with E-state index in [4.69, 9.17) is 4.42 Å². The highest BCUT2D eigenvalue weighted by molar-refractivity contribution is 5.95. The number of furan rings is 1. The Morgan fingerprint density at radius 3 is 2.58 bits per heavy atom. The van der Waals surface area contributed by atoms with E-state index >= 15 is 0 Å². The molecule has 1 aliphatic heterocycles. The average Bonchev–Trinajstić information content (AvgIpc) is 3.39. The number of carbonyl (C=O) groups excluding carboxylic acids is 3. The predicted octanol–water partition coefficient (Wildman–Crippen LogP) is 2.90. The highest BCUT2D eigenvalue weighted by Gasteiger charge is 2.32. The molecule has 3 rings (SSSR count). The lowest BCUT2D eigenvalue weighted by atomic mass is 10.0. The predicted molar refractivity (Wildman–Crippen MR) is 104 cm³/mol. The van der Waals surface area contributed by atoms with Crippen molar-refractivity contribution in [1.29, 1.82) is 0 Å². The number of likely N-dealkylation sites (tertiary alicyclic amines) is 1. The number of benzene rings is 1. The van der Waals surface area contributed by atoms with Gasteiger partial charge in [0.05, 0.1) is 17.9 Å². The number of rotatable bonds is 7. The molecular weight excluding hydrogens is 415 g/mol. The minimum absolute atomic E-state index is 0.0248. The number of hydrogen-bond donors (Lipinski definition) is 2. The first-order valence-electron chi connectivity index (χ1n) is 9.75. The molecule has 0 radical (unpaired) electrons. The van der Waals surface area contributed by atoms with E-state index < -0.39 is 35.6 Å². The molecule has 0 aliphatic carbocycles. The van der Waals surface area contributed by atoms with Crippen LogP contribution < -0.4 is 10.6 Å². The number of nitrogens with zero attached hydrogens (tertiary/aromatic N) is 1. The standard InChI is InChI=1S/C21H22F3N3O4/c1-13(25-20(30)17-7-4-10-31-17)19(29)26-16(12-27-9-3-8-18(27)28)14-5-2-6-15(11-14)21(22,23)24/h2,4-7,10-11,13,16H,3,8-9,12H2,1H3,(H,25,30)(H,26,29). The molecule has 1 fully saturated rings. The highest BCUT2D eigenvalue weighted by Crippen LogP contribution is 2.31. The SMILES string of the molecule is CC(NC(=O)c1ccco1)C(=O)NC(CN1CCCC1=O)c1cccc(C(F)(F)F)c1. The summed E-state index contributed by atoms with van der Waals surface area (Å²) in [6.07, 6.45) is -2.22. The van der Waals surface area contributed by atoms with Gasteiger partial charge in [0, 0.05) is 19.5 Å². The fourth-order valence-electron chi connectivity index (χ4n) is 3.32. The van der Waals surface area contributed by atoms with Gasteiger partial charge in [0.15, 0.2) is 5.76 Å². The van der Waals surface area contributed by atoms with E-state index in [1.54, 1.807) is 0 Å². The lowest BCUT2D eigenvalue weighted by Crippen LogP contribution is -2.48. The number of alkyl halides is 3. The van der Waals surface area contributed by atoms with Crippen molar-refractivity contribution in [3.8, 4) is 0 Å². The topological polar surface area (TPSA) is 91.7 Å². The molecule has 2 heterocycles. The Morgan fingerprint density at radius 1 is 1.19 bits per heavy atom. The van der Waals surface area contributed by atoms with Gasteiger partial charge in [-0.25, -0.2) is 0 Å². The molecule has 0 spiro atoms. The first-order chi connectivity index (χ1) is 14.6. The lowest BCUT2D eigenvalue weighted by molar-refractivity contribution is -0.137. The zero-order chi connectivity index (χ0) is 22.6. The quantitative estimate of drug-likeness (QED) is 0.697. The maximum Gasteiger partial charge on any atom is 0.416 e. The van der Waals surface area contributed by atoms with E-state index in [9.17, 15) is 27.6 Å². The van der Waals surface area contributed by atoms with E-state index in [-0.39, 0.29) is 23.8 Å². The van der Waals surface area contributed by atoms with Crippen LogP contribution in [0.25, 0.3) is 0 Å². The normalized spacial score (nSPS) is 16.1. The average molecular weight is 437 g/mol. The molecule has 1 saturated heterocycles. The fraction of sp³-hybridized carbons (Fsp3) is 0.381. The molecule has 0 bridgehead atoms. The number of hydrogen-bond acceptors (Lipinski definition) is 4. The van der Waals surface area contributed by atoms with Gasteiger partial charge in [-0.05, 0) is 43.2 Å². The summed E-state index contributed by atoms with van der Waals surface area (Å²) < 4.78 is 44.5. The van der Waals surface area contributed by atoms with Crippen molar-refractivity contribution < 1.29 is 32.0 Å². The largest absolute Gasteiger partial charge is 0.459 e. The van der Waals surface area contributed by atoms with Crippen LogP contribution in [0.2, 0.25) is 0 Å². The maximum atomic E-state index is 13.2. The number of carbonyl (C=O) groups is 3. The van der Waals surface area contributed by atoms with Gasteiger partial charge in [-0.1, -0.05) is 12.1 Å². The summed E-state index contributed by atoms with van der Waals surface area (Å²) in [5.74, 6) is -1.30. The number of amides is 3. The zero-order valence-corrected chi connectivity index (χ0v) is 16.7. The molecule has 7 nitrogen and oxygen atoms in total. The first kappa shape index (κ1) is 22.4. The number of nitrogens with one attached hydrogen (secondary N) is 2. The Hall–Kier alpha value is -3.30. The summed E-state index contributed by atoms with van der Waals surface area (Å²) >= 11 is 0. The number of halogens is 3. The Balaban J connectivity index is 1.77. The molecule has 2 unspecified atom stereocenters. The molecule has 2 N–H and O–H groups in total. The molecule has 166 valence electrons. The van der Waals surface area contributed by atoms with Crippen molar-refractivity contribution in [2.75, 3.05) is 13.1 Å². The van der Waals surface area contributed by atoms with E-state index in [0.717, 1.165) is 12.1 Å². The van der Waals surface area contributed by atoms with Crippen LogP contribution in [0.1, 0.15) is 47.5 Å². The molecular formula is C21H22F3N3O4. The molecule has 1 aromatic carbocycles. The Kier molecular flexibility index (Phi) is 6.67. The highest BCUT2D eigenvalue weighted by atomic mass is 19.4. The van der Waals surface area contributed by atoms with Crippen molar-refractivity contribution in [3.63, 3.8) is 0 Å². The summed E-state index contributed by atoms with van der Waals surface area (Å²) in [6.45, 7) is 1.94. The van der Waals surface area contributed by atoms with Gasteiger partial charge in [-0.15, -0.1) is 0 Å². The summed E-state index contributed by atoms with van der Waals surface area (Å²) in [7, 11) is 0. The molecule has 3 amide bonds. The van der Waals surface area contributed by atoms with Crippen molar-refractivity contribution in [1.82, 2.24) is 15.5 Å². The molecule has 1 aliphatic rings. The van der Waals surface area contributed by atoms with Gasteiger partial charge < -0.3 is 20.0 Å². The smallest absolute Gasteiger partial charge is 0.416 e. The molecule has 2 atom stereocenters. The Morgan fingerprint density at radius 2 is 1.97 bits per heavy atom. The summed E-state index contributed by atoms with van der Waals surface area (Å²) in [6, 6.07) is 5.71. The second kappa shape index (κ2) is 9.23. The Labute approximate surface area is 176 Å². The third kappa shape index (κ3) is 5.65. The Bertz CT molecular complexity index is 944. The van der Waals surface area contributed by atoms with Crippen molar-refractivity contribution in [2.45, 2.75) is 38.0 Å². The van der Waals surface area contributed by atoms with E-state index in [2.05, 4.69) is 10.6 Å². The molecule has 1 aromatic heterocycles. The summed E-state index contributed by atoms with van der Waals surface area (Å²) in [5.41, 5.74) is -0.636. The molecule has 2 aromatic rings. The van der Waals surface area contributed by atoms with Gasteiger partial charge in [-0.2, -0.15) is 13.2 Å². The first-order valence-corrected chi connectivity index (χ1v) is 9.75. The summed E-state index contributed by atoms with van der Waals surface area (Å²) in [5, 5.41) is 5.14. The van der Waals surface area contributed by atoms with E-state index in [0.29, 0.717) is 19.4 Å². The summed E-state index contributed by atoms with van der Waals surface area (Å²) in [4.78, 5) is 38.3. The fourth-order valence-corrected chi connectivity index (χ4v) is 3.32. The van der Waals surface area contributed by atoms with Gasteiger partial charge in [0.2, 0.25) is 11.8 Å². The van der Waals surface area contributed by atoms with E-state index in [1.807, 2.05) is 0 Å². The van der Waals surface area contributed by atoms with Crippen molar-refractivity contribution in [2.24, 2.45) is 0 Å². The van der Waals surface area contributed by atoms with Crippen molar-refractivity contribution in [3.05, 3.63) is 59.5 Å². The molecule has 31 heavy (non-hydrogen) atoms. The lowest BCUT2D eigenvalue weighted by Gasteiger charge is -2.27. The van der Waals surface area contributed by atoms with Gasteiger partial charge >= 0.3 is 6.18 Å². The van der Waals surface area contributed by atoms with Crippen LogP contribution in [0.5, 0.6) is 0 Å². The minimum Gasteiger partial charge on any atom is -0.459 e. The third-order valence-electron chi connectivity index (χ3n) is 4.99. The molecule has 10 heteroatoms. The van der Waals surface area contributed by atoms with Gasteiger partial charge in [0.25, 0.3) is 5.91 Å². The van der Waals surface area contributed by atoms with Crippen LogP contribution in [0.4, 0.5) is 13.2 Å². The minimum atomic E-state index is -4.54. The van der Waals surface area contributed by atoms with Gasteiger partial charge in [-0.3, -0.25) is 14.4 Å². The second-order valence-corrected chi connectivity index (χ2v) is 7.30. The van der Waals surface area contributed by atoms with Crippen LogP contribution in [0.15, 0.2) is 47.1 Å². The van der Waals surface area contributed by atoms with Crippen molar-refractivity contribution >= 4 is 17.7 Å². The van der Waals surface area contributed by atoms with E-state index in [1.165, 1.54) is 42.4 Å². The second-order valence-electron chi connectivity index (χ2n) is 7.30. The third-order valence-corrected chi connectivity index (χ3v) is 4.99. The maximum absolute atomic E-state index is 13.2. The van der Waals surface area contributed by atoms with Gasteiger partial charge in [0.1, 0.15) is 6.04 Å². The van der Waals surface area contributed by atoms with Crippen LogP contribution in [0.3, 0.4) is 0 Å². The monoisotopic (exact) mass is 437 g/mol. The van der Waals surface area contributed by atoms with Crippen LogP contribution >= 0.6 is 0 Å². The van der Waals surface area contributed by atoms with Crippen LogP contribution in [-0.4, -0.2) is 41.8 Å². The van der Waals surface area contributed by atoms with Crippen LogP contribution in [0, 0.1) is 0 Å².